The van der Waals surface area contributed by atoms with Crippen molar-refractivity contribution in [2.75, 3.05) is 33.4 Å². The van der Waals surface area contributed by atoms with Crippen LogP contribution >= 0.6 is 0 Å². The van der Waals surface area contributed by atoms with Crippen molar-refractivity contribution < 1.29 is 9.53 Å². The van der Waals surface area contributed by atoms with Crippen molar-refractivity contribution >= 4 is 5.91 Å². The predicted molar refractivity (Wildman–Crippen MR) is 67.7 cm³/mol. The lowest BCUT2D eigenvalue weighted by Gasteiger charge is -2.31. The highest BCUT2D eigenvalue weighted by molar-refractivity contribution is 5.78. The summed E-state index contributed by atoms with van der Waals surface area (Å²) in [6, 6.07) is 0.305. The quantitative estimate of drug-likeness (QED) is 0.710. The molecule has 100 valence electrons. The Hall–Kier alpha value is -0.650. The molecule has 0 aliphatic carbocycles. The third-order valence-electron chi connectivity index (χ3n) is 2.98. The van der Waals surface area contributed by atoms with Gasteiger partial charge in [0.15, 0.2) is 0 Å². The maximum Gasteiger partial charge on any atom is 0.234 e. The number of methoxy groups -OCH3 is 1. The van der Waals surface area contributed by atoms with E-state index in [1.165, 1.54) is 0 Å². The highest BCUT2D eigenvalue weighted by atomic mass is 16.5. The fourth-order valence-electron chi connectivity index (χ4n) is 2.13. The summed E-state index contributed by atoms with van der Waals surface area (Å²) in [5.74, 6) is 0.0579. The molecule has 1 rings (SSSR count). The average molecular weight is 243 g/mol. The number of hydrogen-bond donors (Lipinski definition) is 2. The summed E-state index contributed by atoms with van der Waals surface area (Å²) < 4.78 is 5.07. The van der Waals surface area contributed by atoms with E-state index in [0.717, 1.165) is 25.9 Å². The molecule has 5 heteroatoms. The lowest BCUT2D eigenvalue weighted by molar-refractivity contribution is -0.124. The van der Waals surface area contributed by atoms with Crippen LogP contribution in [0.25, 0.3) is 0 Å². The van der Waals surface area contributed by atoms with Crippen LogP contribution in [0.2, 0.25) is 0 Å². The third-order valence-corrected chi connectivity index (χ3v) is 2.98. The molecule has 1 aliphatic heterocycles. The van der Waals surface area contributed by atoms with E-state index in [9.17, 15) is 4.79 Å². The van der Waals surface area contributed by atoms with Crippen LogP contribution in [0, 0.1) is 0 Å². The molecule has 0 bridgehead atoms. The molecule has 17 heavy (non-hydrogen) atoms. The number of carbonyl (C=O) groups excluding carboxylic acids is 1. The normalized spacial score (nSPS) is 19.3. The second-order valence-electron chi connectivity index (χ2n) is 5.48. The molecule has 0 aromatic carbocycles. The largest absolute Gasteiger partial charge is 0.382 e. The monoisotopic (exact) mass is 243 g/mol. The van der Waals surface area contributed by atoms with Crippen molar-refractivity contribution in [1.82, 2.24) is 10.2 Å². The molecule has 1 aliphatic rings. The number of carbonyl (C=O) groups is 1. The van der Waals surface area contributed by atoms with Gasteiger partial charge in [0.1, 0.15) is 0 Å². The maximum absolute atomic E-state index is 11.8. The Morgan fingerprint density at radius 1 is 1.47 bits per heavy atom. The molecule has 1 saturated heterocycles. The number of amides is 1. The predicted octanol–water partition coefficient (Wildman–Crippen LogP) is -0.0493. The Labute approximate surface area is 104 Å². The third kappa shape index (κ3) is 5.48. The molecular formula is C12H25N3O2. The van der Waals surface area contributed by atoms with Crippen LogP contribution in [0.3, 0.4) is 0 Å². The van der Waals surface area contributed by atoms with Crippen LogP contribution in [0.5, 0.6) is 0 Å². The van der Waals surface area contributed by atoms with Gasteiger partial charge in [-0.2, -0.15) is 0 Å². The summed E-state index contributed by atoms with van der Waals surface area (Å²) in [4.78, 5) is 14.0. The Kier molecular flexibility index (Phi) is 5.36. The fourth-order valence-corrected chi connectivity index (χ4v) is 2.13. The zero-order chi connectivity index (χ0) is 12.9. The zero-order valence-electron chi connectivity index (χ0n) is 11.2. The number of nitrogens with two attached hydrogens (primary N) is 1. The Bertz CT molecular complexity index is 248. The van der Waals surface area contributed by atoms with E-state index in [1.807, 2.05) is 13.8 Å². The summed E-state index contributed by atoms with van der Waals surface area (Å²) in [6.07, 6.45) is 1.96. The van der Waals surface area contributed by atoms with Crippen LogP contribution in [-0.2, 0) is 9.53 Å². The van der Waals surface area contributed by atoms with Crippen molar-refractivity contribution in [2.45, 2.75) is 38.3 Å². The van der Waals surface area contributed by atoms with Crippen LogP contribution in [-0.4, -0.2) is 55.7 Å². The molecule has 0 aromatic heterocycles. The van der Waals surface area contributed by atoms with E-state index in [4.69, 9.17) is 10.5 Å². The van der Waals surface area contributed by atoms with E-state index < -0.39 is 0 Å². The first-order chi connectivity index (χ1) is 7.93. The number of likely N-dealkylation sites (tertiary alicyclic amines) is 1. The van der Waals surface area contributed by atoms with Gasteiger partial charge in [0.05, 0.1) is 18.7 Å². The van der Waals surface area contributed by atoms with Crippen LogP contribution in [0.15, 0.2) is 0 Å². The number of nitrogens with one attached hydrogen (secondary N) is 1. The zero-order valence-corrected chi connectivity index (χ0v) is 11.2. The molecule has 0 aromatic rings. The van der Waals surface area contributed by atoms with Crippen molar-refractivity contribution in [3.8, 4) is 0 Å². The topological polar surface area (TPSA) is 67.6 Å². The first-order valence-electron chi connectivity index (χ1n) is 6.21. The van der Waals surface area contributed by atoms with Gasteiger partial charge in [0.25, 0.3) is 0 Å². The van der Waals surface area contributed by atoms with Gasteiger partial charge >= 0.3 is 0 Å². The number of ether oxygens (including phenoxy) is 1. The lowest BCUT2D eigenvalue weighted by Crippen LogP contribution is -2.51. The minimum atomic E-state index is -0.308. The molecule has 0 unspecified atom stereocenters. The van der Waals surface area contributed by atoms with Crippen molar-refractivity contribution in [2.24, 2.45) is 5.73 Å². The molecule has 5 nitrogen and oxygen atoms in total. The summed E-state index contributed by atoms with van der Waals surface area (Å²) in [7, 11) is 1.64. The van der Waals surface area contributed by atoms with Crippen LogP contribution in [0.1, 0.15) is 26.7 Å². The molecule has 1 amide bonds. The van der Waals surface area contributed by atoms with Gasteiger partial charge in [-0.1, -0.05) is 0 Å². The summed E-state index contributed by atoms with van der Waals surface area (Å²) in [5, 5.41) is 2.98. The Morgan fingerprint density at radius 2 is 2.06 bits per heavy atom. The molecule has 0 saturated carbocycles. The number of nitrogens with zero attached hydrogens (tertiary/aromatic N) is 1. The summed E-state index contributed by atoms with van der Waals surface area (Å²) >= 11 is 0. The van der Waals surface area contributed by atoms with E-state index in [2.05, 4.69) is 10.2 Å². The second kappa shape index (κ2) is 6.33. The van der Waals surface area contributed by atoms with Crippen molar-refractivity contribution in [3.63, 3.8) is 0 Å². The van der Waals surface area contributed by atoms with Gasteiger partial charge in [-0.05, 0) is 26.7 Å². The van der Waals surface area contributed by atoms with Crippen LogP contribution < -0.4 is 11.1 Å². The van der Waals surface area contributed by atoms with E-state index in [-0.39, 0.29) is 11.4 Å². The second-order valence-corrected chi connectivity index (χ2v) is 5.48. The first kappa shape index (κ1) is 14.4. The molecule has 1 fully saturated rings. The van der Waals surface area contributed by atoms with Gasteiger partial charge in [-0.25, -0.2) is 0 Å². The molecular weight excluding hydrogens is 218 g/mol. The standard InChI is InChI=1S/C12H25N3O2/c1-12(2,9-17-3)14-11(16)8-15-6-4-10(13)5-7-15/h10H,4-9,13H2,1-3H3,(H,14,16). The molecule has 0 atom stereocenters. The highest BCUT2D eigenvalue weighted by Crippen LogP contribution is 2.08. The van der Waals surface area contributed by atoms with Crippen molar-refractivity contribution in [3.05, 3.63) is 0 Å². The molecule has 3 N–H and O–H groups in total. The maximum atomic E-state index is 11.8. The minimum absolute atomic E-state index is 0.0579. The van der Waals surface area contributed by atoms with E-state index >= 15 is 0 Å². The van der Waals surface area contributed by atoms with Gasteiger partial charge < -0.3 is 15.8 Å². The number of piperidine rings is 1. The first-order valence-corrected chi connectivity index (χ1v) is 6.21. The van der Waals surface area contributed by atoms with Gasteiger partial charge in [0, 0.05) is 26.2 Å². The SMILES string of the molecule is COCC(C)(C)NC(=O)CN1CCC(N)CC1. The molecule has 0 spiro atoms. The highest BCUT2D eigenvalue weighted by Gasteiger charge is 2.23. The molecule has 1 heterocycles. The smallest absolute Gasteiger partial charge is 0.234 e. The van der Waals surface area contributed by atoms with E-state index in [1.54, 1.807) is 7.11 Å². The minimum Gasteiger partial charge on any atom is -0.382 e. The summed E-state index contributed by atoms with van der Waals surface area (Å²) in [5.41, 5.74) is 5.52. The Morgan fingerprint density at radius 3 is 2.59 bits per heavy atom. The molecule has 0 radical (unpaired) electrons. The lowest BCUT2D eigenvalue weighted by atomic mass is 10.1. The Balaban J connectivity index is 2.29. The average Bonchev–Trinajstić information content (AvgIpc) is 2.20. The van der Waals surface area contributed by atoms with E-state index in [0.29, 0.717) is 19.2 Å². The van der Waals surface area contributed by atoms with Gasteiger partial charge in [-0.15, -0.1) is 0 Å². The number of hydrogen-bond acceptors (Lipinski definition) is 4. The summed E-state index contributed by atoms with van der Waals surface area (Å²) in [6.45, 7) is 6.73. The fraction of sp³-hybridized carbons (Fsp3) is 0.917. The van der Waals surface area contributed by atoms with Crippen LogP contribution in [0.4, 0.5) is 0 Å². The van der Waals surface area contributed by atoms with Gasteiger partial charge in [0.2, 0.25) is 5.91 Å². The van der Waals surface area contributed by atoms with Crippen molar-refractivity contribution in [1.29, 1.82) is 0 Å². The number of rotatable bonds is 5. The van der Waals surface area contributed by atoms with Gasteiger partial charge in [-0.3, -0.25) is 9.69 Å².